The zero-order valence-electron chi connectivity index (χ0n) is 6.34. The van der Waals surface area contributed by atoms with Crippen LogP contribution in [0.4, 0.5) is 0 Å². The van der Waals surface area contributed by atoms with Gasteiger partial charge >= 0.3 is 0 Å². The second-order valence-corrected chi connectivity index (χ2v) is 2.48. The van der Waals surface area contributed by atoms with E-state index in [4.69, 9.17) is 9.47 Å². The fourth-order valence-electron chi connectivity index (χ4n) is 1.19. The molecule has 0 aliphatic carbocycles. The minimum absolute atomic E-state index is 0.148. The Morgan fingerprint density at radius 3 is 2.73 bits per heavy atom. The molecular weight excluding hydrogens is 144 g/mol. The Hall–Kier alpha value is -1.38. The van der Waals surface area contributed by atoms with Crippen LogP contribution in [0.25, 0.3) is 0 Å². The van der Waals surface area contributed by atoms with Gasteiger partial charge in [0.05, 0.1) is 7.11 Å². The van der Waals surface area contributed by atoms with Crippen LogP contribution in [-0.2, 0) is 0 Å². The zero-order valence-corrected chi connectivity index (χ0v) is 6.34. The van der Waals surface area contributed by atoms with Crippen molar-refractivity contribution in [2.24, 2.45) is 0 Å². The van der Waals surface area contributed by atoms with E-state index in [1.165, 1.54) is 7.11 Å². The highest BCUT2D eigenvalue weighted by Crippen LogP contribution is 2.53. The van der Waals surface area contributed by atoms with E-state index >= 15 is 0 Å². The fraction of sp³-hybridized carbons (Fsp3) is 0.250. The summed E-state index contributed by atoms with van der Waals surface area (Å²) in [7, 11) is 1.51. The molecule has 0 saturated carbocycles. The quantitative estimate of drug-likeness (QED) is 0.677. The van der Waals surface area contributed by atoms with Crippen LogP contribution in [0.5, 0.6) is 23.0 Å². The molecule has 3 rings (SSSR count). The first-order valence-corrected chi connectivity index (χ1v) is 3.32. The van der Waals surface area contributed by atoms with Gasteiger partial charge < -0.3 is 14.6 Å². The monoisotopic (exact) mass is 152 g/mol. The molecule has 3 heteroatoms. The molecule has 2 heterocycles. The van der Waals surface area contributed by atoms with Crippen LogP contribution >= 0.6 is 0 Å². The van der Waals surface area contributed by atoms with Crippen molar-refractivity contribution >= 4 is 0 Å². The van der Waals surface area contributed by atoms with Gasteiger partial charge in [-0.15, -0.1) is 0 Å². The topological polar surface area (TPSA) is 38.7 Å². The fourth-order valence-corrected chi connectivity index (χ4v) is 1.19. The second kappa shape index (κ2) is 1.81. The van der Waals surface area contributed by atoms with Crippen LogP contribution < -0.4 is 9.47 Å². The third-order valence-electron chi connectivity index (χ3n) is 1.83. The molecular formula is C8H8O3. The largest absolute Gasteiger partial charge is 0.504 e. The van der Waals surface area contributed by atoms with Crippen LogP contribution in [0, 0.1) is 6.92 Å². The molecule has 0 unspecified atom stereocenters. The number of hydrogen-bond donors (Lipinski definition) is 1. The smallest absolute Gasteiger partial charge is 0.204 e. The van der Waals surface area contributed by atoms with E-state index < -0.39 is 0 Å². The van der Waals surface area contributed by atoms with Crippen molar-refractivity contribution in [3.63, 3.8) is 0 Å². The molecule has 1 N–H and O–H groups in total. The molecule has 3 nitrogen and oxygen atoms in total. The van der Waals surface area contributed by atoms with E-state index in [0.717, 1.165) is 11.3 Å². The SMILES string of the molecule is COc1c(O)cc2c(C)c1O2. The molecule has 0 fully saturated rings. The zero-order chi connectivity index (χ0) is 8.01. The second-order valence-electron chi connectivity index (χ2n) is 2.48. The number of aromatic hydroxyl groups is 1. The molecule has 0 atom stereocenters. The Balaban J connectivity index is 2.64. The van der Waals surface area contributed by atoms with Crippen LogP contribution in [0.2, 0.25) is 0 Å². The molecule has 2 aliphatic heterocycles. The summed E-state index contributed by atoms with van der Waals surface area (Å²) in [6, 6.07) is 1.56. The maximum Gasteiger partial charge on any atom is 0.204 e. The van der Waals surface area contributed by atoms with Crippen LogP contribution in [0.1, 0.15) is 5.56 Å². The van der Waals surface area contributed by atoms with E-state index in [1.807, 2.05) is 6.92 Å². The van der Waals surface area contributed by atoms with Gasteiger partial charge in [-0.3, -0.25) is 0 Å². The number of benzene rings is 1. The molecule has 2 aliphatic rings. The Bertz CT molecular complexity index is 318. The standard InChI is InChI=1S/C8H8O3/c1-4-6-3-5(9)8(10-2)7(4)11-6/h3,9H,1-2H3. The number of rotatable bonds is 1. The average Bonchev–Trinajstić information content (AvgIpc) is 2.03. The lowest BCUT2D eigenvalue weighted by Gasteiger charge is -2.24. The summed E-state index contributed by atoms with van der Waals surface area (Å²) in [4.78, 5) is 0. The van der Waals surface area contributed by atoms with Crippen molar-refractivity contribution in [1.29, 1.82) is 0 Å². The highest BCUT2D eigenvalue weighted by Gasteiger charge is 2.26. The third kappa shape index (κ3) is 0.623. The average molecular weight is 152 g/mol. The number of phenols is 1. The molecule has 11 heavy (non-hydrogen) atoms. The number of fused-ring (bicyclic) bond motifs is 2. The number of methoxy groups -OCH3 is 1. The van der Waals surface area contributed by atoms with Gasteiger partial charge in [0.2, 0.25) is 5.75 Å². The van der Waals surface area contributed by atoms with Crippen molar-refractivity contribution in [3.8, 4) is 23.0 Å². The Kier molecular flexibility index (Phi) is 1.04. The van der Waals surface area contributed by atoms with Crippen molar-refractivity contribution in [2.45, 2.75) is 6.92 Å². The summed E-state index contributed by atoms with van der Waals surface area (Å²) in [5.74, 6) is 1.97. The van der Waals surface area contributed by atoms with E-state index in [2.05, 4.69) is 0 Å². The van der Waals surface area contributed by atoms with Crippen LogP contribution in [0.15, 0.2) is 6.07 Å². The van der Waals surface area contributed by atoms with E-state index in [1.54, 1.807) is 6.07 Å². The summed E-state index contributed by atoms with van der Waals surface area (Å²) in [5, 5.41) is 9.25. The number of phenolic OH excluding ortho intramolecular Hbond substituents is 1. The minimum atomic E-state index is 0.148. The van der Waals surface area contributed by atoms with Gasteiger partial charge in [-0.1, -0.05) is 0 Å². The number of ether oxygens (including phenoxy) is 2. The summed E-state index contributed by atoms with van der Waals surface area (Å²) < 4.78 is 10.1. The normalized spacial score (nSPS) is 11.8. The summed E-state index contributed by atoms with van der Waals surface area (Å²) in [6.45, 7) is 1.93. The first-order chi connectivity index (χ1) is 5.24. The summed E-state index contributed by atoms with van der Waals surface area (Å²) in [5.41, 5.74) is 1.04. The lowest BCUT2D eigenvalue weighted by Crippen LogP contribution is -2.03. The maximum absolute atomic E-state index is 9.25. The lowest BCUT2D eigenvalue weighted by atomic mass is 10.1. The first-order valence-electron chi connectivity index (χ1n) is 3.32. The lowest BCUT2D eigenvalue weighted by molar-refractivity contribution is 0.322. The predicted molar refractivity (Wildman–Crippen MR) is 39.5 cm³/mol. The highest BCUT2D eigenvalue weighted by atomic mass is 16.5. The number of aryl methyl sites for hydroxylation is 1. The van der Waals surface area contributed by atoms with Gasteiger partial charge in [0.1, 0.15) is 5.75 Å². The van der Waals surface area contributed by atoms with Crippen LogP contribution in [-0.4, -0.2) is 12.2 Å². The number of hydrogen-bond acceptors (Lipinski definition) is 3. The van der Waals surface area contributed by atoms with Crippen molar-refractivity contribution in [1.82, 2.24) is 0 Å². The highest BCUT2D eigenvalue weighted by molar-refractivity contribution is 5.67. The van der Waals surface area contributed by atoms with Gasteiger partial charge in [0.15, 0.2) is 11.5 Å². The molecule has 58 valence electrons. The van der Waals surface area contributed by atoms with E-state index in [0.29, 0.717) is 11.5 Å². The molecule has 1 aromatic rings. The maximum atomic E-state index is 9.25. The molecule has 0 amide bonds. The molecule has 0 saturated heterocycles. The van der Waals surface area contributed by atoms with Gasteiger partial charge in [-0.05, 0) is 6.92 Å². The summed E-state index contributed by atoms with van der Waals surface area (Å²) in [6.07, 6.45) is 0. The van der Waals surface area contributed by atoms with E-state index in [-0.39, 0.29) is 5.75 Å². The molecule has 0 radical (unpaired) electrons. The predicted octanol–water partition coefficient (Wildman–Crippen LogP) is 1.81. The Labute approximate surface area is 64.2 Å². The molecule has 2 bridgehead atoms. The van der Waals surface area contributed by atoms with Crippen molar-refractivity contribution in [3.05, 3.63) is 11.6 Å². The first kappa shape index (κ1) is 6.34. The van der Waals surface area contributed by atoms with Gasteiger partial charge in [0.25, 0.3) is 0 Å². The van der Waals surface area contributed by atoms with Gasteiger partial charge in [0, 0.05) is 11.6 Å². The summed E-state index contributed by atoms with van der Waals surface area (Å²) >= 11 is 0. The van der Waals surface area contributed by atoms with Crippen LogP contribution in [0.3, 0.4) is 0 Å². The third-order valence-corrected chi connectivity index (χ3v) is 1.83. The minimum Gasteiger partial charge on any atom is -0.504 e. The van der Waals surface area contributed by atoms with Crippen molar-refractivity contribution < 1.29 is 14.6 Å². The van der Waals surface area contributed by atoms with Crippen molar-refractivity contribution in [2.75, 3.05) is 7.11 Å². The van der Waals surface area contributed by atoms with Gasteiger partial charge in [-0.25, -0.2) is 0 Å². The molecule has 0 spiro atoms. The molecule has 1 aromatic carbocycles. The Morgan fingerprint density at radius 2 is 2.27 bits per heavy atom. The Morgan fingerprint density at radius 1 is 1.55 bits per heavy atom. The molecule has 0 aromatic heterocycles. The van der Waals surface area contributed by atoms with Gasteiger partial charge in [-0.2, -0.15) is 0 Å². The van der Waals surface area contributed by atoms with E-state index in [9.17, 15) is 5.11 Å².